The van der Waals surface area contributed by atoms with E-state index in [1.54, 1.807) is 22.7 Å². The summed E-state index contributed by atoms with van der Waals surface area (Å²) < 4.78 is 0. The van der Waals surface area contributed by atoms with Crippen molar-refractivity contribution in [3.05, 3.63) is 45.9 Å². The van der Waals surface area contributed by atoms with Crippen LogP contribution in [0.1, 0.15) is 23.5 Å². The number of thiazole rings is 1. The summed E-state index contributed by atoms with van der Waals surface area (Å²) in [5.41, 5.74) is 4.78. The van der Waals surface area contributed by atoms with Crippen molar-refractivity contribution in [3.8, 4) is 10.6 Å². The van der Waals surface area contributed by atoms with Crippen LogP contribution < -0.4 is 5.32 Å². The van der Waals surface area contributed by atoms with Crippen LogP contribution in [0, 0.1) is 12.8 Å². The van der Waals surface area contributed by atoms with Gasteiger partial charge in [-0.15, -0.1) is 21.5 Å². The highest BCUT2D eigenvalue weighted by atomic mass is 32.1. The number of piperidine rings is 1. The molecule has 140 valence electrons. The van der Waals surface area contributed by atoms with E-state index in [1.807, 2.05) is 36.7 Å². The Morgan fingerprint density at radius 1 is 1.30 bits per heavy atom. The molecule has 27 heavy (non-hydrogen) atoms. The zero-order valence-electron chi connectivity index (χ0n) is 15.1. The predicted molar refractivity (Wildman–Crippen MR) is 109 cm³/mol. The number of likely N-dealkylation sites (tertiary alicyclic amines) is 1. The first-order chi connectivity index (χ1) is 13.2. The Morgan fingerprint density at radius 2 is 2.15 bits per heavy atom. The highest BCUT2D eigenvalue weighted by Gasteiger charge is 2.25. The standard InChI is InChI=1S/C19H21N5OS2/c1-13-22-23-19(27-13)15-3-2-4-16(9-15)21-18(25)14-5-7-24(8-6-14)10-17-11-26-12-20-17/h2-4,9,11-12,14H,5-8,10H2,1H3,(H,21,25). The van der Waals surface area contributed by atoms with E-state index in [9.17, 15) is 4.79 Å². The number of benzene rings is 1. The van der Waals surface area contributed by atoms with Gasteiger partial charge in [0, 0.05) is 29.1 Å². The molecule has 0 aliphatic carbocycles. The van der Waals surface area contributed by atoms with Gasteiger partial charge in [0.2, 0.25) is 5.91 Å². The van der Waals surface area contributed by atoms with E-state index < -0.39 is 0 Å². The monoisotopic (exact) mass is 399 g/mol. The van der Waals surface area contributed by atoms with E-state index in [0.29, 0.717) is 0 Å². The van der Waals surface area contributed by atoms with Crippen molar-refractivity contribution in [2.45, 2.75) is 26.3 Å². The first kappa shape index (κ1) is 18.2. The van der Waals surface area contributed by atoms with Crippen LogP contribution in [-0.4, -0.2) is 39.1 Å². The molecule has 0 radical (unpaired) electrons. The summed E-state index contributed by atoms with van der Waals surface area (Å²) in [6, 6.07) is 7.83. The molecule has 0 unspecified atom stereocenters. The zero-order valence-corrected chi connectivity index (χ0v) is 16.7. The van der Waals surface area contributed by atoms with E-state index in [1.165, 1.54) is 0 Å². The lowest BCUT2D eigenvalue weighted by molar-refractivity contribution is -0.121. The summed E-state index contributed by atoms with van der Waals surface area (Å²) in [5.74, 6) is 0.165. The van der Waals surface area contributed by atoms with Crippen molar-refractivity contribution in [1.29, 1.82) is 0 Å². The fraction of sp³-hybridized carbons (Fsp3) is 0.368. The zero-order chi connectivity index (χ0) is 18.6. The van der Waals surface area contributed by atoms with Crippen molar-refractivity contribution < 1.29 is 4.79 Å². The first-order valence-electron chi connectivity index (χ1n) is 8.98. The van der Waals surface area contributed by atoms with E-state index in [-0.39, 0.29) is 11.8 Å². The number of nitrogens with zero attached hydrogens (tertiary/aromatic N) is 4. The van der Waals surface area contributed by atoms with Crippen LogP contribution in [0.4, 0.5) is 5.69 Å². The third-order valence-electron chi connectivity index (χ3n) is 4.73. The molecule has 8 heteroatoms. The largest absolute Gasteiger partial charge is 0.326 e. The van der Waals surface area contributed by atoms with Crippen molar-refractivity contribution in [2.24, 2.45) is 5.92 Å². The molecule has 0 spiro atoms. The molecule has 1 N–H and O–H groups in total. The minimum atomic E-state index is 0.0594. The summed E-state index contributed by atoms with van der Waals surface area (Å²) in [5, 5.41) is 15.2. The van der Waals surface area contributed by atoms with Gasteiger partial charge in [-0.1, -0.05) is 23.5 Å². The van der Waals surface area contributed by atoms with Crippen molar-refractivity contribution in [3.63, 3.8) is 0 Å². The summed E-state index contributed by atoms with van der Waals surface area (Å²) in [4.78, 5) is 19.4. The number of carbonyl (C=O) groups excluding carboxylic acids is 1. The Hall–Kier alpha value is -2.16. The van der Waals surface area contributed by atoms with Crippen LogP contribution in [0.5, 0.6) is 0 Å². The van der Waals surface area contributed by atoms with Crippen LogP contribution in [0.15, 0.2) is 35.2 Å². The van der Waals surface area contributed by atoms with Gasteiger partial charge in [-0.3, -0.25) is 9.69 Å². The topological polar surface area (TPSA) is 71.0 Å². The molecule has 1 aliphatic rings. The van der Waals surface area contributed by atoms with Gasteiger partial charge in [0.05, 0.1) is 11.2 Å². The molecule has 1 amide bonds. The normalized spacial score (nSPS) is 15.7. The van der Waals surface area contributed by atoms with Gasteiger partial charge in [0.15, 0.2) is 0 Å². The summed E-state index contributed by atoms with van der Waals surface area (Å²) >= 11 is 3.18. The molecule has 1 aliphatic heterocycles. The van der Waals surface area contributed by atoms with Crippen molar-refractivity contribution >= 4 is 34.3 Å². The number of hydrogen-bond donors (Lipinski definition) is 1. The molecule has 1 saturated heterocycles. The average Bonchev–Trinajstić information content (AvgIpc) is 3.34. The fourth-order valence-electron chi connectivity index (χ4n) is 3.29. The second-order valence-corrected chi connectivity index (χ2v) is 8.63. The maximum atomic E-state index is 12.7. The molecule has 1 aromatic carbocycles. The van der Waals surface area contributed by atoms with Gasteiger partial charge in [0.1, 0.15) is 10.0 Å². The Morgan fingerprint density at radius 3 is 2.85 bits per heavy atom. The minimum absolute atomic E-state index is 0.0594. The molecule has 0 bridgehead atoms. The number of carbonyl (C=O) groups is 1. The maximum absolute atomic E-state index is 12.7. The molecule has 2 aromatic heterocycles. The van der Waals surface area contributed by atoms with Crippen LogP contribution in [0.2, 0.25) is 0 Å². The van der Waals surface area contributed by atoms with E-state index >= 15 is 0 Å². The minimum Gasteiger partial charge on any atom is -0.326 e. The number of rotatable bonds is 5. The van der Waals surface area contributed by atoms with E-state index in [2.05, 4.69) is 30.8 Å². The molecular weight excluding hydrogens is 378 g/mol. The lowest BCUT2D eigenvalue weighted by Crippen LogP contribution is -2.37. The van der Waals surface area contributed by atoms with Gasteiger partial charge in [0.25, 0.3) is 0 Å². The Balaban J connectivity index is 1.33. The lowest BCUT2D eigenvalue weighted by atomic mass is 9.95. The SMILES string of the molecule is Cc1nnc(-c2cccc(NC(=O)C3CCN(Cc4cscn4)CC3)c2)s1. The first-order valence-corrected chi connectivity index (χ1v) is 10.7. The lowest BCUT2D eigenvalue weighted by Gasteiger charge is -2.30. The maximum Gasteiger partial charge on any atom is 0.227 e. The molecule has 3 aromatic rings. The highest BCUT2D eigenvalue weighted by molar-refractivity contribution is 7.14. The van der Waals surface area contributed by atoms with Gasteiger partial charge in [-0.25, -0.2) is 4.98 Å². The smallest absolute Gasteiger partial charge is 0.227 e. The van der Waals surface area contributed by atoms with Crippen molar-refractivity contribution in [1.82, 2.24) is 20.1 Å². The quantitative estimate of drug-likeness (QED) is 0.706. The van der Waals surface area contributed by atoms with Crippen LogP contribution in [0.25, 0.3) is 10.6 Å². The number of hydrogen-bond acceptors (Lipinski definition) is 7. The second kappa shape index (κ2) is 8.24. The molecule has 0 saturated carbocycles. The summed E-state index contributed by atoms with van der Waals surface area (Å²) in [7, 11) is 0. The van der Waals surface area contributed by atoms with E-state index in [4.69, 9.17) is 0 Å². The van der Waals surface area contributed by atoms with E-state index in [0.717, 1.165) is 59.4 Å². The summed E-state index contributed by atoms with van der Waals surface area (Å²) in [6.45, 7) is 4.67. The number of amides is 1. The Kier molecular flexibility index (Phi) is 5.56. The number of anilines is 1. The Labute approximate surface area is 166 Å². The van der Waals surface area contributed by atoms with Crippen LogP contribution in [-0.2, 0) is 11.3 Å². The Bertz CT molecular complexity index is 900. The number of nitrogens with one attached hydrogen (secondary N) is 1. The highest BCUT2D eigenvalue weighted by Crippen LogP contribution is 2.26. The second-order valence-electron chi connectivity index (χ2n) is 6.73. The third kappa shape index (κ3) is 4.58. The van der Waals surface area contributed by atoms with Gasteiger partial charge >= 0.3 is 0 Å². The third-order valence-corrected chi connectivity index (χ3v) is 6.25. The number of aryl methyl sites for hydroxylation is 1. The van der Waals surface area contributed by atoms with Crippen LogP contribution in [0.3, 0.4) is 0 Å². The fourth-order valence-corrected chi connectivity index (χ4v) is 4.52. The molecular formula is C19H21N5OS2. The molecule has 1 fully saturated rings. The molecule has 6 nitrogen and oxygen atoms in total. The van der Waals surface area contributed by atoms with Crippen LogP contribution >= 0.6 is 22.7 Å². The van der Waals surface area contributed by atoms with Crippen molar-refractivity contribution in [2.75, 3.05) is 18.4 Å². The molecule has 4 rings (SSSR count). The molecule has 0 atom stereocenters. The molecule has 3 heterocycles. The average molecular weight is 400 g/mol. The van der Waals surface area contributed by atoms with Gasteiger partial charge < -0.3 is 5.32 Å². The number of aromatic nitrogens is 3. The predicted octanol–water partition coefficient (Wildman–Crippen LogP) is 3.82. The summed E-state index contributed by atoms with van der Waals surface area (Å²) in [6.07, 6.45) is 1.76. The van der Waals surface area contributed by atoms with Gasteiger partial charge in [-0.05, 0) is 45.0 Å². The van der Waals surface area contributed by atoms with Gasteiger partial charge in [-0.2, -0.15) is 0 Å².